The molecule has 3 amide bonds. The van der Waals surface area contributed by atoms with Crippen LogP contribution in [0.4, 0.5) is 14.9 Å². The summed E-state index contributed by atoms with van der Waals surface area (Å²) < 4.78 is 13.8. The summed E-state index contributed by atoms with van der Waals surface area (Å²) >= 11 is 0. The van der Waals surface area contributed by atoms with Crippen LogP contribution >= 0.6 is 0 Å². The summed E-state index contributed by atoms with van der Waals surface area (Å²) in [6.07, 6.45) is 4.43. The number of carbonyl (C=O) groups is 2. The van der Waals surface area contributed by atoms with Crippen LogP contribution in [0.25, 0.3) is 0 Å². The van der Waals surface area contributed by atoms with Crippen LogP contribution in [0, 0.1) is 5.82 Å². The third kappa shape index (κ3) is 4.54. The van der Waals surface area contributed by atoms with Crippen LogP contribution in [0.5, 0.6) is 0 Å². The zero-order valence-corrected chi connectivity index (χ0v) is 17.8. The first-order valence-electron chi connectivity index (χ1n) is 10.5. The van der Waals surface area contributed by atoms with Crippen molar-refractivity contribution in [2.45, 2.75) is 51.3 Å². The van der Waals surface area contributed by atoms with Crippen molar-refractivity contribution < 1.29 is 19.1 Å². The molecule has 2 N–H and O–H groups in total. The lowest BCUT2D eigenvalue weighted by atomic mass is 9.89. The Hall–Kier alpha value is -3.00. The smallest absolute Gasteiger partial charge is 0.322 e. The molecule has 0 bridgehead atoms. The van der Waals surface area contributed by atoms with Gasteiger partial charge >= 0.3 is 6.03 Å². The third-order valence-electron chi connectivity index (χ3n) is 6.03. The highest BCUT2D eigenvalue weighted by Crippen LogP contribution is 2.30. The van der Waals surface area contributed by atoms with Gasteiger partial charge in [0.05, 0.1) is 12.7 Å². The van der Waals surface area contributed by atoms with Crippen LogP contribution in [0.2, 0.25) is 0 Å². The van der Waals surface area contributed by atoms with E-state index in [9.17, 15) is 19.1 Å². The molecule has 164 valence electrons. The molecule has 0 saturated carbocycles. The van der Waals surface area contributed by atoms with Gasteiger partial charge in [0, 0.05) is 37.1 Å². The number of aromatic nitrogens is 1. The molecule has 4 rings (SSSR count). The number of benzene rings is 1. The Balaban J connectivity index is 1.32. The van der Waals surface area contributed by atoms with E-state index in [4.69, 9.17) is 0 Å². The molecular formula is C23H27FN4O3. The molecule has 2 aromatic rings. The van der Waals surface area contributed by atoms with Crippen LogP contribution in [0.3, 0.4) is 0 Å². The molecule has 0 radical (unpaired) electrons. The van der Waals surface area contributed by atoms with E-state index in [0.29, 0.717) is 36.8 Å². The fraction of sp³-hybridized carbons (Fsp3) is 0.435. The van der Waals surface area contributed by atoms with Crippen molar-refractivity contribution in [2.24, 2.45) is 0 Å². The van der Waals surface area contributed by atoms with Crippen molar-refractivity contribution in [3.05, 3.63) is 59.2 Å². The van der Waals surface area contributed by atoms with Crippen molar-refractivity contribution in [1.29, 1.82) is 0 Å². The number of rotatable bonds is 3. The molecule has 7 nitrogen and oxygen atoms in total. The number of piperidine rings is 1. The lowest BCUT2D eigenvalue weighted by Crippen LogP contribution is -2.48. The van der Waals surface area contributed by atoms with Gasteiger partial charge in [-0.2, -0.15) is 0 Å². The maximum atomic E-state index is 13.8. The van der Waals surface area contributed by atoms with Gasteiger partial charge in [0.15, 0.2) is 0 Å². The molecule has 0 aliphatic carbocycles. The summed E-state index contributed by atoms with van der Waals surface area (Å²) in [6.45, 7) is 4.84. The molecular weight excluding hydrogens is 399 g/mol. The van der Waals surface area contributed by atoms with Crippen LogP contribution < -0.4 is 5.32 Å². The monoisotopic (exact) mass is 426 g/mol. The maximum absolute atomic E-state index is 13.8. The van der Waals surface area contributed by atoms with E-state index in [1.807, 2.05) is 24.3 Å². The minimum Gasteiger partial charge on any atom is -0.381 e. The highest BCUT2D eigenvalue weighted by atomic mass is 19.1. The molecule has 1 aromatic carbocycles. The van der Waals surface area contributed by atoms with Crippen molar-refractivity contribution in [2.75, 3.05) is 18.4 Å². The second-order valence-corrected chi connectivity index (χ2v) is 8.79. The summed E-state index contributed by atoms with van der Waals surface area (Å²) in [4.78, 5) is 31.9. The summed E-state index contributed by atoms with van der Waals surface area (Å²) in [5.41, 5.74) is 1.76. The number of pyridine rings is 1. The van der Waals surface area contributed by atoms with Gasteiger partial charge < -0.3 is 20.2 Å². The van der Waals surface area contributed by atoms with E-state index in [0.717, 1.165) is 24.0 Å². The van der Waals surface area contributed by atoms with Gasteiger partial charge in [-0.3, -0.25) is 9.78 Å². The lowest BCUT2D eigenvalue weighted by molar-refractivity contribution is -0.148. The average Bonchev–Trinajstić information content (AvgIpc) is 3.19. The number of hydrogen-bond donors (Lipinski definition) is 2. The molecule has 8 heteroatoms. The number of nitrogens with zero attached hydrogens (tertiary/aromatic N) is 3. The van der Waals surface area contributed by atoms with Gasteiger partial charge in [-0.25, -0.2) is 9.18 Å². The number of nitrogens with one attached hydrogen (secondary N) is 1. The van der Waals surface area contributed by atoms with E-state index in [1.165, 1.54) is 20.0 Å². The summed E-state index contributed by atoms with van der Waals surface area (Å²) in [7, 11) is 0. The minimum absolute atomic E-state index is 0.232. The predicted octanol–water partition coefficient (Wildman–Crippen LogP) is 3.25. The minimum atomic E-state index is -1.34. The molecule has 31 heavy (non-hydrogen) atoms. The predicted molar refractivity (Wildman–Crippen MR) is 114 cm³/mol. The topological polar surface area (TPSA) is 85.8 Å². The van der Waals surface area contributed by atoms with Gasteiger partial charge in [0.25, 0.3) is 5.91 Å². The van der Waals surface area contributed by atoms with Gasteiger partial charge in [0.1, 0.15) is 11.4 Å². The normalized spacial score (nSPS) is 16.9. The highest BCUT2D eigenvalue weighted by Gasteiger charge is 2.32. The molecule has 0 spiro atoms. The number of amides is 3. The van der Waals surface area contributed by atoms with Gasteiger partial charge in [-0.1, -0.05) is 12.1 Å². The van der Waals surface area contributed by atoms with Crippen LogP contribution in [-0.4, -0.2) is 50.5 Å². The van der Waals surface area contributed by atoms with Crippen molar-refractivity contribution in [3.8, 4) is 0 Å². The fourth-order valence-corrected chi connectivity index (χ4v) is 4.26. The number of likely N-dealkylation sites (tertiary alicyclic amines) is 1. The quantitative estimate of drug-likeness (QED) is 0.789. The van der Waals surface area contributed by atoms with Crippen molar-refractivity contribution in [3.63, 3.8) is 0 Å². The summed E-state index contributed by atoms with van der Waals surface area (Å²) in [5, 5.41) is 12.8. The number of hydrogen-bond acceptors (Lipinski definition) is 4. The number of fused-ring (bicyclic) bond motifs is 1. The number of halogens is 1. The van der Waals surface area contributed by atoms with Gasteiger partial charge in [-0.05, 0) is 55.9 Å². The average molecular weight is 426 g/mol. The number of aliphatic hydroxyl groups is 1. The Morgan fingerprint density at radius 1 is 1.10 bits per heavy atom. The van der Waals surface area contributed by atoms with Crippen molar-refractivity contribution >= 4 is 17.6 Å². The second-order valence-electron chi connectivity index (χ2n) is 8.79. The fourth-order valence-electron chi connectivity index (χ4n) is 4.26. The second kappa shape index (κ2) is 8.26. The molecule has 0 unspecified atom stereocenters. The van der Waals surface area contributed by atoms with Crippen LogP contribution in [0.15, 0.2) is 36.7 Å². The van der Waals surface area contributed by atoms with E-state index < -0.39 is 5.60 Å². The van der Waals surface area contributed by atoms with E-state index in [2.05, 4.69) is 10.3 Å². The molecule has 3 heterocycles. The molecule has 1 fully saturated rings. The largest absolute Gasteiger partial charge is 0.381 e. The Morgan fingerprint density at radius 2 is 1.77 bits per heavy atom. The molecule has 0 atom stereocenters. The highest BCUT2D eigenvalue weighted by molar-refractivity contribution is 5.89. The Kier molecular flexibility index (Phi) is 5.66. The SMILES string of the molecule is CC(C)(O)C(=O)N1CCC(c2ccc(NC(=O)N3Cc4cncc(F)c4C3)cc2)CC1. The molecule has 1 saturated heterocycles. The first-order valence-corrected chi connectivity index (χ1v) is 10.5. The van der Waals surface area contributed by atoms with Gasteiger partial charge in [0.2, 0.25) is 0 Å². The van der Waals surface area contributed by atoms with Gasteiger partial charge in [-0.15, -0.1) is 0 Å². The number of urea groups is 1. The standard InChI is InChI=1S/C23H27FN4O3/c1-23(2,31)21(29)27-9-7-16(8-10-27)15-3-5-18(6-4-15)26-22(30)28-13-17-11-25-12-20(24)19(17)14-28/h3-6,11-12,16,31H,7-10,13-14H2,1-2H3,(H,26,30). The van der Waals surface area contributed by atoms with Crippen molar-refractivity contribution in [1.82, 2.24) is 14.8 Å². The molecule has 2 aliphatic rings. The first-order chi connectivity index (χ1) is 14.7. The Morgan fingerprint density at radius 3 is 2.39 bits per heavy atom. The summed E-state index contributed by atoms with van der Waals surface area (Å²) in [6, 6.07) is 7.45. The van der Waals surface area contributed by atoms with Crippen LogP contribution in [-0.2, 0) is 17.9 Å². The lowest BCUT2D eigenvalue weighted by Gasteiger charge is -2.35. The first kappa shape index (κ1) is 21.2. The Labute approximate surface area is 180 Å². The Bertz CT molecular complexity index is 979. The summed E-state index contributed by atoms with van der Waals surface area (Å²) in [5.74, 6) is -0.282. The molecule has 2 aliphatic heterocycles. The molecule has 1 aromatic heterocycles. The third-order valence-corrected chi connectivity index (χ3v) is 6.03. The maximum Gasteiger partial charge on any atom is 0.322 e. The zero-order valence-electron chi connectivity index (χ0n) is 17.8. The van der Waals surface area contributed by atoms with E-state index in [-0.39, 0.29) is 24.3 Å². The van der Waals surface area contributed by atoms with Crippen LogP contribution in [0.1, 0.15) is 49.3 Å². The number of carbonyl (C=O) groups excluding carboxylic acids is 2. The number of anilines is 1. The van der Waals surface area contributed by atoms with E-state index in [1.54, 1.807) is 16.0 Å². The zero-order chi connectivity index (χ0) is 22.2. The van der Waals surface area contributed by atoms with E-state index >= 15 is 0 Å².